The van der Waals surface area contributed by atoms with Gasteiger partial charge in [0.05, 0.1) is 5.75 Å². The highest BCUT2D eigenvalue weighted by molar-refractivity contribution is 8.00. The van der Waals surface area contributed by atoms with Crippen molar-refractivity contribution in [2.75, 3.05) is 17.2 Å². The summed E-state index contributed by atoms with van der Waals surface area (Å²) in [6, 6.07) is 7.65. The molecule has 0 atom stereocenters. The van der Waals surface area contributed by atoms with E-state index in [0.29, 0.717) is 5.75 Å². The maximum atomic E-state index is 12.1. The Kier molecular flexibility index (Phi) is 6.39. The molecule has 0 spiro atoms. The van der Waals surface area contributed by atoms with Gasteiger partial charge in [0.25, 0.3) is 0 Å². The highest BCUT2D eigenvalue weighted by Gasteiger charge is 2.19. The van der Waals surface area contributed by atoms with Crippen LogP contribution in [-0.2, 0) is 10.0 Å². The van der Waals surface area contributed by atoms with E-state index in [0.717, 1.165) is 36.3 Å². The molecule has 1 saturated carbocycles. The Labute approximate surface area is 131 Å². The number of rotatable bonds is 6. The van der Waals surface area contributed by atoms with E-state index < -0.39 is 10.0 Å². The Morgan fingerprint density at radius 1 is 1.10 bits per heavy atom. The number of hydrogen-bond acceptors (Lipinski definition) is 4. The van der Waals surface area contributed by atoms with E-state index in [2.05, 4.69) is 4.72 Å². The van der Waals surface area contributed by atoms with Gasteiger partial charge in [-0.2, -0.15) is 0 Å². The van der Waals surface area contributed by atoms with Crippen LogP contribution in [-0.4, -0.2) is 26.0 Å². The van der Waals surface area contributed by atoms with Crippen molar-refractivity contribution in [3.8, 4) is 0 Å². The van der Waals surface area contributed by atoms with Crippen LogP contribution in [0.15, 0.2) is 29.2 Å². The van der Waals surface area contributed by atoms with Crippen molar-refractivity contribution >= 4 is 27.5 Å². The maximum Gasteiger partial charge on any atom is 0.212 e. The SMILES string of the molecule is Nc1ccc(SCCS(=O)(=O)NC2CCCCCC2)cc1. The smallest absolute Gasteiger partial charge is 0.212 e. The van der Waals surface area contributed by atoms with Gasteiger partial charge in [0.2, 0.25) is 10.0 Å². The van der Waals surface area contributed by atoms with Crippen LogP contribution < -0.4 is 10.5 Å². The quantitative estimate of drug-likeness (QED) is 0.478. The highest BCUT2D eigenvalue weighted by Crippen LogP contribution is 2.20. The van der Waals surface area contributed by atoms with Crippen LogP contribution in [0.5, 0.6) is 0 Å². The molecule has 0 heterocycles. The maximum absolute atomic E-state index is 12.1. The largest absolute Gasteiger partial charge is 0.399 e. The molecule has 118 valence electrons. The molecule has 0 aliphatic heterocycles. The zero-order valence-electron chi connectivity index (χ0n) is 12.3. The van der Waals surface area contributed by atoms with Crippen LogP contribution in [0.1, 0.15) is 38.5 Å². The van der Waals surface area contributed by atoms with E-state index in [-0.39, 0.29) is 11.8 Å². The molecule has 0 aromatic heterocycles. The summed E-state index contributed by atoms with van der Waals surface area (Å²) in [5, 5.41) is 0. The molecule has 4 nitrogen and oxygen atoms in total. The van der Waals surface area contributed by atoms with Gasteiger partial charge in [0.1, 0.15) is 0 Å². The fourth-order valence-electron chi connectivity index (χ4n) is 2.54. The number of benzene rings is 1. The Morgan fingerprint density at radius 2 is 1.71 bits per heavy atom. The van der Waals surface area contributed by atoms with Crippen molar-refractivity contribution < 1.29 is 8.42 Å². The first-order chi connectivity index (χ1) is 10.1. The van der Waals surface area contributed by atoms with Gasteiger partial charge in [-0.05, 0) is 37.1 Å². The summed E-state index contributed by atoms with van der Waals surface area (Å²) in [6.07, 6.45) is 6.67. The van der Waals surface area contributed by atoms with Gasteiger partial charge in [-0.15, -0.1) is 11.8 Å². The van der Waals surface area contributed by atoms with Gasteiger partial charge in [-0.3, -0.25) is 0 Å². The summed E-state index contributed by atoms with van der Waals surface area (Å²) in [7, 11) is -3.17. The van der Waals surface area contributed by atoms with E-state index in [4.69, 9.17) is 5.73 Å². The predicted octanol–water partition coefficient (Wildman–Crippen LogP) is 3.00. The van der Waals surface area contributed by atoms with Crippen LogP contribution >= 0.6 is 11.8 Å². The summed E-state index contributed by atoms with van der Waals surface area (Å²) in [6.45, 7) is 0. The first-order valence-corrected chi connectivity index (χ1v) is 10.2. The van der Waals surface area contributed by atoms with Gasteiger partial charge in [0, 0.05) is 22.4 Å². The molecule has 1 aromatic carbocycles. The lowest BCUT2D eigenvalue weighted by Crippen LogP contribution is -2.36. The third-order valence-corrected chi connectivity index (χ3v) is 6.41. The molecule has 6 heteroatoms. The third kappa shape index (κ3) is 6.28. The second-order valence-corrected chi connectivity index (χ2v) is 8.58. The van der Waals surface area contributed by atoms with Gasteiger partial charge in [0.15, 0.2) is 0 Å². The molecule has 1 fully saturated rings. The summed E-state index contributed by atoms with van der Waals surface area (Å²) < 4.78 is 27.1. The summed E-state index contributed by atoms with van der Waals surface area (Å²) in [5.41, 5.74) is 6.35. The molecule has 2 rings (SSSR count). The fraction of sp³-hybridized carbons (Fsp3) is 0.600. The fourth-order valence-corrected chi connectivity index (χ4v) is 5.18. The Bertz CT molecular complexity index is 521. The molecule has 0 radical (unpaired) electrons. The minimum atomic E-state index is -3.17. The minimum absolute atomic E-state index is 0.138. The second kappa shape index (κ2) is 8.06. The Balaban J connectivity index is 1.76. The standard InChI is InChI=1S/C15H24N2O2S2/c16-13-7-9-15(10-8-13)20-11-12-21(18,19)17-14-5-3-1-2-4-6-14/h7-10,14,17H,1-6,11-12,16H2. The molecule has 1 aliphatic rings. The van der Waals surface area contributed by atoms with Crippen molar-refractivity contribution in [2.24, 2.45) is 0 Å². The molecule has 1 aromatic rings. The second-order valence-electron chi connectivity index (χ2n) is 5.54. The van der Waals surface area contributed by atoms with Gasteiger partial charge in [-0.25, -0.2) is 13.1 Å². The molecule has 21 heavy (non-hydrogen) atoms. The monoisotopic (exact) mass is 328 g/mol. The van der Waals surface area contributed by atoms with Crippen molar-refractivity contribution in [3.05, 3.63) is 24.3 Å². The van der Waals surface area contributed by atoms with Crippen molar-refractivity contribution in [1.82, 2.24) is 4.72 Å². The van der Waals surface area contributed by atoms with Crippen molar-refractivity contribution in [3.63, 3.8) is 0 Å². The average molecular weight is 329 g/mol. The number of nitrogens with two attached hydrogens (primary N) is 1. The summed E-state index contributed by atoms with van der Waals surface area (Å²) >= 11 is 1.55. The molecular formula is C15H24N2O2S2. The zero-order valence-corrected chi connectivity index (χ0v) is 13.9. The van der Waals surface area contributed by atoms with E-state index in [1.165, 1.54) is 12.8 Å². The molecule has 0 saturated heterocycles. The van der Waals surface area contributed by atoms with E-state index in [1.807, 2.05) is 24.3 Å². The highest BCUT2D eigenvalue weighted by atomic mass is 32.2. The average Bonchev–Trinajstić information content (AvgIpc) is 2.69. The van der Waals surface area contributed by atoms with Crippen LogP contribution in [0.3, 0.4) is 0 Å². The molecule has 3 N–H and O–H groups in total. The van der Waals surface area contributed by atoms with Crippen LogP contribution in [0.25, 0.3) is 0 Å². The molecule has 0 bridgehead atoms. The summed E-state index contributed by atoms with van der Waals surface area (Å²) in [4.78, 5) is 1.05. The van der Waals surface area contributed by atoms with Gasteiger partial charge >= 0.3 is 0 Å². The van der Waals surface area contributed by atoms with E-state index in [9.17, 15) is 8.42 Å². The topological polar surface area (TPSA) is 72.2 Å². The van der Waals surface area contributed by atoms with Gasteiger partial charge < -0.3 is 5.73 Å². The van der Waals surface area contributed by atoms with Crippen LogP contribution in [0.2, 0.25) is 0 Å². The van der Waals surface area contributed by atoms with Crippen LogP contribution in [0, 0.1) is 0 Å². The molecule has 0 unspecified atom stereocenters. The minimum Gasteiger partial charge on any atom is -0.399 e. The first kappa shape index (κ1) is 16.6. The number of thioether (sulfide) groups is 1. The zero-order chi connectivity index (χ0) is 15.1. The number of nitrogens with one attached hydrogen (secondary N) is 1. The molecule has 0 amide bonds. The predicted molar refractivity (Wildman–Crippen MR) is 90.0 cm³/mol. The number of sulfonamides is 1. The molecular weight excluding hydrogens is 304 g/mol. The van der Waals surface area contributed by atoms with E-state index >= 15 is 0 Å². The normalized spacial score (nSPS) is 17.5. The third-order valence-electron chi connectivity index (χ3n) is 3.70. The van der Waals surface area contributed by atoms with E-state index in [1.54, 1.807) is 11.8 Å². The van der Waals surface area contributed by atoms with Crippen molar-refractivity contribution in [2.45, 2.75) is 49.5 Å². The number of nitrogen functional groups attached to an aromatic ring is 1. The number of hydrogen-bond donors (Lipinski definition) is 2. The Hall–Kier alpha value is -0.720. The lowest BCUT2D eigenvalue weighted by atomic mass is 10.1. The van der Waals surface area contributed by atoms with Gasteiger partial charge in [-0.1, -0.05) is 25.7 Å². The van der Waals surface area contributed by atoms with Crippen molar-refractivity contribution in [1.29, 1.82) is 0 Å². The lowest BCUT2D eigenvalue weighted by Gasteiger charge is -2.16. The number of anilines is 1. The summed E-state index contributed by atoms with van der Waals surface area (Å²) in [5.74, 6) is 0.727. The van der Waals surface area contributed by atoms with Crippen LogP contribution in [0.4, 0.5) is 5.69 Å². The molecule has 1 aliphatic carbocycles. The Morgan fingerprint density at radius 3 is 2.33 bits per heavy atom. The first-order valence-electron chi connectivity index (χ1n) is 7.53. The lowest BCUT2D eigenvalue weighted by molar-refractivity contribution is 0.511.